The van der Waals surface area contributed by atoms with E-state index in [1.54, 1.807) is 7.11 Å². The molecule has 0 bridgehead atoms. The van der Waals surface area contributed by atoms with Crippen LogP contribution >= 0.6 is 24.8 Å². The minimum atomic E-state index is -0.227. The van der Waals surface area contributed by atoms with Crippen LogP contribution in [0.2, 0.25) is 0 Å². The van der Waals surface area contributed by atoms with Crippen molar-refractivity contribution in [1.29, 1.82) is 0 Å². The zero-order chi connectivity index (χ0) is 16.8. The van der Waals surface area contributed by atoms with Gasteiger partial charge in [-0.15, -0.1) is 24.8 Å². The highest BCUT2D eigenvalue weighted by Crippen LogP contribution is 2.29. The van der Waals surface area contributed by atoms with Gasteiger partial charge in [0, 0.05) is 32.4 Å². The van der Waals surface area contributed by atoms with Gasteiger partial charge in [-0.05, 0) is 36.1 Å². The summed E-state index contributed by atoms with van der Waals surface area (Å²) in [5, 5.41) is 3.03. The Kier molecular flexibility index (Phi) is 11.3. The van der Waals surface area contributed by atoms with E-state index in [0.717, 1.165) is 25.3 Å². The van der Waals surface area contributed by atoms with E-state index in [-0.39, 0.29) is 43.2 Å². The van der Waals surface area contributed by atoms with Gasteiger partial charge in [0.05, 0.1) is 12.5 Å². The van der Waals surface area contributed by atoms with Gasteiger partial charge in [-0.3, -0.25) is 9.69 Å². The molecule has 0 aromatic heterocycles. The van der Waals surface area contributed by atoms with Crippen LogP contribution in [0.1, 0.15) is 37.8 Å². The second-order valence-corrected chi connectivity index (χ2v) is 6.68. The Hall–Kier alpha value is -0.850. The van der Waals surface area contributed by atoms with Crippen LogP contribution in [0.5, 0.6) is 0 Å². The Bertz CT molecular complexity index is 537. The smallest absolute Gasteiger partial charge is 0.227 e. The van der Waals surface area contributed by atoms with Gasteiger partial charge in [0.2, 0.25) is 5.91 Å². The van der Waals surface area contributed by atoms with E-state index >= 15 is 0 Å². The lowest BCUT2D eigenvalue weighted by atomic mass is 10.1. The fraction of sp³-hybridized carbons (Fsp3) is 0.611. The molecule has 25 heavy (non-hydrogen) atoms. The molecule has 0 saturated carbocycles. The van der Waals surface area contributed by atoms with Crippen molar-refractivity contribution < 1.29 is 9.53 Å². The normalized spacial score (nSPS) is 14.4. The lowest BCUT2D eigenvalue weighted by Crippen LogP contribution is -2.28. The Morgan fingerprint density at radius 2 is 2.04 bits per heavy atom. The predicted molar refractivity (Wildman–Crippen MR) is 108 cm³/mol. The van der Waals surface area contributed by atoms with Crippen LogP contribution in [-0.4, -0.2) is 37.1 Å². The quantitative estimate of drug-likeness (QED) is 0.713. The van der Waals surface area contributed by atoms with Gasteiger partial charge in [0.15, 0.2) is 0 Å². The number of benzene rings is 1. The van der Waals surface area contributed by atoms with Crippen LogP contribution in [0.3, 0.4) is 0 Å². The number of methoxy groups -OCH3 is 1. The second-order valence-electron chi connectivity index (χ2n) is 6.68. The first-order valence-corrected chi connectivity index (χ1v) is 8.39. The van der Waals surface area contributed by atoms with E-state index in [2.05, 4.69) is 30.1 Å². The maximum atomic E-state index is 12.2. The number of ether oxygens (including phenoxy) is 1. The molecule has 0 fully saturated rings. The number of hydrogen-bond acceptors (Lipinski definition) is 4. The molecule has 1 aromatic carbocycles. The monoisotopic (exact) mass is 391 g/mol. The Labute approximate surface area is 163 Å². The van der Waals surface area contributed by atoms with Crippen molar-refractivity contribution in [1.82, 2.24) is 4.90 Å². The van der Waals surface area contributed by atoms with Crippen LogP contribution in [0.25, 0.3) is 0 Å². The maximum absolute atomic E-state index is 12.2. The van der Waals surface area contributed by atoms with Crippen molar-refractivity contribution >= 4 is 36.4 Å². The zero-order valence-electron chi connectivity index (χ0n) is 15.3. The average Bonchev–Trinajstić information content (AvgIpc) is 2.94. The van der Waals surface area contributed by atoms with Crippen molar-refractivity contribution in [2.24, 2.45) is 11.7 Å². The van der Waals surface area contributed by atoms with Gasteiger partial charge in [-0.1, -0.05) is 26.0 Å². The van der Waals surface area contributed by atoms with Crippen molar-refractivity contribution in [2.75, 3.05) is 25.5 Å². The summed E-state index contributed by atoms with van der Waals surface area (Å²) in [6.45, 7) is 7.81. The van der Waals surface area contributed by atoms with Crippen LogP contribution < -0.4 is 11.1 Å². The van der Waals surface area contributed by atoms with Gasteiger partial charge >= 0.3 is 0 Å². The third kappa shape index (κ3) is 7.12. The topological polar surface area (TPSA) is 67.6 Å². The summed E-state index contributed by atoms with van der Waals surface area (Å²) in [5.41, 5.74) is 9.06. The molecule has 1 amide bonds. The Balaban J connectivity index is 0.00000288. The number of nitrogens with one attached hydrogen (secondary N) is 1. The highest BCUT2D eigenvalue weighted by atomic mass is 35.5. The fourth-order valence-electron chi connectivity index (χ4n) is 2.88. The second kappa shape index (κ2) is 11.7. The Morgan fingerprint density at radius 1 is 1.32 bits per heavy atom. The van der Waals surface area contributed by atoms with E-state index in [0.29, 0.717) is 12.5 Å². The number of hydrogen-bond donors (Lipinski definition) is 2. The summed E-state index contributed by atoms with van der Waals surface area (Å²) in [7, 11) is 1.58. The number of carbonyl (C=O) groups excluding carboxylic acids is 1. The molecule has 0 spiro atoms. The summed E-state index contributed by atoms with van der Waals surface area (Å²) in [4.78, 5) is 14.6. The first-order chi connectivity index (χ1) is 11.0. The number of anilines is 1. The molecule has 1 aliphatic heterocycles. The SMILES string of the molecule is COC(CN)CC(=O)Nc1cccc2c1CN(CCC(C)C)C2.Cl.Cl. The molecule has 2 rings (SSSR count). The number of amides is 1. The van der Waals surface area contributed by atoms with Crippen LogP contribution in [0, 0.1) is 5.92 Å². The molecule has 1 unspecified atom stereocenters. The summed E-state index contributed by atoms with van der Waals surface area (Å²) in [6, 6.07) is 6.14. The molecule has 1 aliphatic rings. The minimum absolute atomic E-state index is 0. The number of nitrogens with zero attached hydrogens (tertiary/aromatic N) is 1. The van der Waals surface area contributed by atoms with E-state index in [1.165, 1.54) is 17.5 Å². The average molecular weight is 392 g/mol. The molecule has 7 heteroatoms. The van der Waals surface area contributed by atoms with E-state index in [9.17, 15) is 4.79 Å². The Morgan fingerprint density at radius 3 is 2.64 bits per heavy atom. The molecule has 144 valence electrons. The van der Waals surface area contributed by atoms with Crippen LogP contribution in [-0.2, 0) is 22.6 Å². The largest absolute Gasteiger partial charge is 0.380 e. The van der Waals surface area contributed by atoms with E-state index in [4.69, 9.17) is 10.5 Å². The van der Waals surface area contributed by atoms with Gasteiger partial charge in [0.25, 0.3) is 0 Å². The molecular weight excluding hydrogens is 361 g/mol. The fourth-order valence-corrected chi connectivity index (χ4v) is 2.88. The molecule has 0 radical (unpaired) electrons. The van der Waals surface area contributed by atoms with Crippen molar-refractivity contribution in [3.8, 4) is 0 Å². The third-order valence-electron chi connectivity index (χ3n) is 4.35. The first-order valence-electron chi connectivity index (χ1n) is 8.39. The molecule has 1 atom stereocenters. The molecule has 3 N–H and O–H groups in total. The predicted octanol–water partition coefficient (Wildman–Crippen LogP) is 3.19. The maximum Gasteiger partial charge on any atom is 0.227 e. The standard InChI is InChI=1S/C18H29N3O2.2ClH/c1-13(2)7-8-21-11-14-5-4-6-17(16(14)12-21)20-18(22)9-15(10-19)23-3;;/h4-6,13,15H,7-12,19H2,1-3H3,(H,20,22);2*1H. The molecule has 0 saturated heterocycles. The highest BCUT2D eigenvalue weighted by molar-refractivity contribution is 5.92. The van der Waals surface area contributed by atoms with E-state index in [1.807, 2.05) is 12.1 Å². The van der Waals surface area contributed by atoms with Crippen molar-refractivity contribution in [3.05, 3.63) is 29.3 Å². The summed E-state index contributed by atoms with van der Waals surface area (Å²) in [5.74, 6) is 0.663. The first kappa shape index (κ1) is 24.1. The summed E-state index contributed by atoms with van der Waals surface area (Å²) in [6.07, 6.45) is 1.25. The third-order valence-corrected chi connectivity index (χ3v) is 4.35. The van der Waals surface area contributed by atoms with Gasteiger partial charge < -0.3 is 15.8 Å². The number of nitrogens with two attached hydrogens (primary N) is 1. The van der Waals surface area contributed by atoms with Crippen LogP contribution in [0.15, 0.2) is 18.2 Å². The van der Waals surface area contributed by atoms with Crippen molar-refractivity contribution in [2.45, 2.75) is 45.9 Å². The molecule has 5 nitrogen and oxygen atoms in total. The molecule has 1 aromatic rings. The van der Waals surface area contributed by atoms with Crippen molar-refractivity contribution in [3.63, 3.8) is 0 Å². The van der Waals surface area contributed by atoms with E-state index < -0.39 is 0 Å². The molecule has 1 heterocycles. The van der Waals surface area contributed by atoms with Gasteiger partial charge in [0.1, 0.15) is 0 Å². The lowest BCUT2D eigenvalue weighted by molar-refractivity contribution is -0.118. The molecular formula is C18H31Cl2N3O2. The van der Waals surface area contributed by atoms with Gasteiger partial charge in [-0.25, -0.2) is 0 Å². The molecule has 0 aliphatic carbocycles. The lowest BCUT2D eigenvalue weighted by Gasteiger charge is -2.16. The number of rotatable bonds is 8. The summed E-state index contributed by atoms with van der Waals surface area (Å²) >= 11 is 0. The van der Waals surface area contributed by atoms with Gasteiger partial charge in [-0.2, -0.15) is 0 Å². The minimum Gasteiger partial charge on any atom is -0.380 e. The number of fused-ring (bicyclic) bond motifs is 1. The van der Waals surface area contributed by atoms with Crippen LogP contribution in [0.4, 0.5) is 5.69 Å². The zero-order valence-corrected chi connectivity index (χ0v) is 16.9. The highest BCUT2D eigenvalue weighted by Gasteiger charge is 2.22. The summed E-state index contributed by atoms with van der Waals surface area (Å²) < 4.78 is 5.18. The number of carbonyl (C=O) groups is 1. The number of halogens is 2.